The van der Waals surface area contributed by atoms with Gasteiger partial charge in [0, 0.05) is 30.9 Å². The lowest BCUT2D eigenvalue weighted by molar-refractivity contribution is -0.0627. The number of rotatable bonds is 8. The van der Waals surface area contributed by atoms with Gasteiger partial charge in [-0.15, -0.1) is 0 Å². The Hall–Kier alpha value is -1.13. The maximum Gasteiger partial charge on any atom is 0.138 e. The van der Waals surface area contributed by atoms with Crippen molar-refractivity contribution in [3.8, 4) is 5.75 Å². The fourth-order valence-electron chi connectivity index (χ4n) is 3.95. The van der Waals surface area contributed by atoms with E-state index in [1.807, 2.05) is 6.20 Å². The third-order valence-corrected chi connectivity index (χ3v) is 6.40. The third kappa shape index (κ3) is 5.93. The summed E-state index contributed by atoms with van der Waals surface area (Å²) in [6.45, 7) is 16.6. The third-order valence-electron chi connectivity index (χ3n) is 6.40. The van der Waals surface area contributed by atoms with Crippen molar-refractivity contribution in [2.45, 2.75) is 91.4 Å². The van der Waals surface area contributed by atoms with E-state index < -0.39 is 0 Å². The number of aromatic nitrogens is 1. The molecule has 4 nitrogen and oxygen atoms in total. The minimum Gasteiger partial charge on any atom is -0.486 e. The molecule has 1 saturated heterocycles. The summed E-state index contributed by atoms with van der Waals surface area (Å²) in [5.41, 5.74) is 1.82. The second kappa shape index (κ2) is 8.71. The van der Waals surface area contributed by atoms with Crippen molar-refractivity contribution in [3.05, 3.63) is 24.0 Å². The van der Waals surface area contributed by atoms with Crippen LogP contribution in [0.5, 0.6) is 5.75 Å². The van der Waals surface area contributed by atoms with Crippen LogP contribution < -0.4 is 4.74 Å². The van der Waals surface area contributed by atoms with Crippen LogP contribution in [0, 0.1) is 11.3 Å². The highest BCUT2D eigenvalue weighted by atomic mass is 16.5. The Bertz CT molecular complexity index is 603. The van der Waals surface area contributed by atoms with Crippen LogP contribution >= 0.6 is 0 Å². The van der Waals surface area contributed by atoms with Gasteiger partial charge in [0.2, 0.25) is 0 Å². The zero-order chi connectivity index (χ0) is 20.4. The summed E-state index contributed by atoms with van der Waals surface area (Å²) in [6.07, 6.45) is 8.41. The summed E-state index contributed by atoms with van der Waals surface area (Å²) in [5.74, 6) is 1.72. The summed E-state index contributed by atoms with van der Waals surface area (Å²) >= 11 is 0. The number of nitrogens with zero attached hydrogens (tertiary/aromatic N) is 2. The topological polar surface area (TPSA) is 34.6 Å². The van der Waals surface area contributed by atoms with Crippen molar-refractivity contribution in [2.24, 2.45) is 11.3 Å². The lowest BCUT2D eigenvalue weighted by atomic mass is 9.67. The lowest BCUT2D eigenvalue weighted by Gasteiger charge is -2.47. The number of aryl methyl sites for hydroxylation is 1. The number of hydrogen-bond acceptors (Lipinski definition) is 4. The molecular weight excluding hydrogens is 348 g/mol. The molecule has 2 heterocycles. The normalized spacial score (nSPS) is 23.9. The van der Waals surface area contributed by atoms with Crippen LogP contribution in [0.25, 0.3) is 0 Å². The zero-order valence-corrected chi connectivity index (χ0v) is 18.8. The second-order valence-corrected chi connectivity index (χ2v) is 10.8. The molecule has 4 heteroatoms. The maximum absolute atomic E-state index is 6.03. The smallest absolute Gasteiger partial charge is 0.138 e. The Morgan fingerprint density at radius 2 is 1.71 bits per heavy atom. The van der Waals surface area contributed by atoms with Gasteiger partial charge in [0.25, 0.3) is 0 Å². The maximum atomic E-state index is 6.03. The van der Waals surface area contributed by atoms with Crippen LogP contribution in [-0.2, 0) is 11.2 Å². The van der Waals surface area contributed by atoms with E-state index in [1.165, 1.54) is 12.8 Å². The average Bonchev–Trinajstić information content (AvgIpc) is 2.50. The molecule has 0 bridgehead atoms. The van der Waals surface area contributed by atoms with Crippen molar-refractivity contribution < 1.29 is 9.47 Å². The van der Waals surface area contributed by atoms with Gasteiger partial charge in [0.1, 0.15) is 11.9 Å². The molecule has 1 aliphatic heterocycles. The van der Waals surface area contributed by atoms with Gasteiger partial charge in [0.15, 0.2) is 0 Å². The molecule has 1 aromatic heterocycles. The van der Waals surface area contributed by atoms with Gasteiger partial charge in [0.05, 0.1) is 12.3 Å². The van der Waals surface area contributed by atoms with E-state index in [0.29, 0.717) is 17.6 Å². The van der Waals surface area contributed by atoms with Gasteiger partial charge in [-0.05, 0) is 76.3 Å². The SMILES string of the molecule is CC(C)(C)C1CC(OCCCCc2ccc(OC3CN(C(C)(C)C)C3)cn2)C1. The predicted molar refractivity (Wildman–Crippen MR) is 115 cm³/mol. The summed E-state index contributed by atoms with van der Waals surface area (Å²) in [6, 6.07) is 4.18. The number of ether oxygens (including phenoxy) is 2. The molecule has 0 unspecified atom stereocenters. The van der Waals surface area contributed by atoms with Crippen molar-refractivity contribution in [3.63, 3.8) is 0 Å². The lowest BCUT2D eigenvalue weighted by Crippen LogP contribution is -2.60. The summed E-state index contributed by atoms with van der Waals surface area (Å²) in [5, 5.41) is 0. The first kappa shape index (κ1) is 21.6. The molecule has 0 aromatic carbocycles. The first-order valence-corrected chi connectivity index (χ1v) is 11.1. The van der Waals surface area contributed by atoms with Crippen LogP contribution in [0.4, 0.5) is 0 Å². The van der Waals surface area contributed by atoms with E-state index in [1.54, 1.807) is 0 Å². The van der Waals surface area contributed by atoms with E-state index in [4.69, 9.17) is 9.47 Å². The second-order valence-electron chi connectivity index (χ2n) is 10.8. The van der Waals surface area contributed by atoms with E-state index in [0.717, 1.165) is 56.3 Å². The van der Waals surface area contributed by atoms with Gasteiger partial charge in [-0.3, -0.25) is 9.88 Å². The number of hydrogen-bond donors (Lipinski definition) is 0. The molecule has 158 valence electrons. The minimum absolute atomic E-state index is 0.235. The molecule has 0 atom stereocenters. The molecule has 0 amide bonds. The molecule has 2 aliphatic rings. The minimum atomic E-state index is 0.235. The Balaban J connectivity index is 1.25. The first-order chi connectivity index (χ1) is 13.1. The van der Waals surface area contributed by atoms with Crippen LogP contribution in [0.1, 0.15) is 72.9 Å². The van der Waals surface area contributed by atoms with Gasteiger partial charge in [-0.25, -0.2) is 0 Å². The van der Waals surface area contributed by atoms with Gasteiger partial charge < -0.3 is 9.47 Å². The van der Waals surface area contributed by atoms with E-state index in [2.05, 4.69) is 63.6 Å². The van der Waals surface area contributed by atoms with Crippen LogP contribution in [-0.4, -0.2) is 47.3 Å². The Morgan fingerprint density at radius 1 is 1.00 bits per heavy atom. The van der Waals surface area contributed by atoms with Gasteiger partial charge in [-0.2, -0.15) is 0 Å². The highest BCUT2D eigenvalue weighted by Gasteiger charge is 2.37. The molecule has 0 N–H and O–H groups in total. The Morgan fingerprint density at radius 3 is 2.29 bits per heavy atom. The van der Waals surface area contributed by atoms with Gasteiger partial charge >= 0.3 is 0 Å². The Kier molecular flexibility index (Phi) is 6.71. The Labute approximate surface area is 172 Å². The molecule has 1 saturated carbocycles. The van der Waals surface area contributed by atoms with E-state index in [-0.39, 0.29) is 5.54 Å². The summed E-state index contributed by atoms with van der Waals surface area (Å²) in [4.78, 5) is 7.01. The standard InChI is InChI=1S/C24H40N2O2/c1-23(2,3)18-13-21(14-18)27-12-8-7-9-19-10-11-20(15-25-19)28-22-16-26(17-22)24(4,5)6/h10-11,15,18,21-22H,7-9,12-14,16-17H2,1-6H3. The van der Waals surface area contributed by atoms with Crippen molar-refractivity contribution in [1.82, 2.24) is 9.88 Å². The monoisotopic (exact) mass is 388 g/mol. The van der Waals surface area contributed by atoms with Gasteiger partial charge in [-0.1, -0.05) is 20.8 Å². The number of likely N-dealkylation sites (tertiary alicyclic amines) is 1. The fourth-order valence-corrected chi connectivity index (χ4v) is 3.95. The zero-order valence-electron chi connectivity index (χ0n) is 18.8. The molecular formula is C24H40N2O2. The quantitative estimate of drug-likeness (QED) is 0.580. The molecule has 1 aliphatic carbocycles. The molecule has 2 fully saturated rings. The van der Waals surface area contributed by atoms with E-state index >= 15 is 0 Å². The molecule has 3 rings (SSSR count). The van der Waals surface area contributed by atoms with E-state index in [9.17, 15) is 0 Å². The van der Waals surface area contributed by atoms with Crippen molar-refractivity contribution in [1.29, 1.82) is 0 Å². The largest absolute Gasteiger partial charge is 0.486 e. The van der Waals surface area contributed by atoms with Crippen LogP contribution in [0.15, 0.2) is 18.3 Å². The number of unbranched alkanes of at least 4 members (excludes halogenated alkanes) is 1. The summed E-state index contributed by atoms with van der Waals surface area (Å²) < 4.78 is 12.0. The highest BCUT2D eigenvalue weighted by molar-refractivity contribution is 5.20. The van der Waals surface area contributed by atoms with Crippen molar-refractivity contribution >= 4 is 0 Å². The highest BCUT2D eigenvalue weighted by Crippen LogP contribution is 2.42. The summed E-state index contributed by atoms with van der Waals surface area (Å²) in [7, 11) is 0. The molecule has 1 aromatic rings. The molecule has 0 radical (unpaired) electrons. The van der Waals surface area contributed by atoms with Crippen molar-refractivity contribution in [2.75, 3.05) is 19.7 Å². The predicted octanol–water partition coefficient (Wildman–Crippen LogP) is 5.11. The fraction of sp³-hybridized carbons (Fsp3) is 0.792. The van der Waals surface area contributed by atoms with Crippen LogP contribution in [0.3, 0.4) is 0 Å². The average molecular weight is 389 g/mol. The first-order valence-electron chi connectivity index (χ1n) is 11.1. The molecule has 0 spiro atoms. The number of pyridine rings is 1. The molecule has 28 heavy (non-hydrogen) atoms. The van der Waals surface area contributed by atoms with Crippen LogP contribution in [0.2, 0.25) is 0 Å².